The number of nitrogens with zero attached hydrogens (tertiary/aromatic N) is 4. The molecule has 3 aromatic rings. The molecule has 0 aliphatic heterocycles. The molecule has 0 aliphatic rings. The lowest BCUT2D eigenvalue weighted by Gasteiger charge is -2.06. The third-order valence-electron chi connectivity index (χ3n) is 3.52. The van der Waals surface area contributed by atoms with Gasteiger partial charge in [-0.3, -0.25) is 9.78 Å². The lowest BCUT2D eigenvalue weighted by molar-refractivity contribution is -0.116. The number of anilines is 2. The third-order valence-corrected chi connectivity index (χ3v) is 4.28. The summed E-state index contributed by atoms with van der Waals surface area (Å²) in [6.45, 7) is 4.49. The molecule has 0 saturated carbocycles. The molecule has 1 amide bonds. The normalized spacial score (nSPS) is 10.5. The molecule has 0 atom stereocenters. The predicted molar refractivity (Wildman–Crippen MR) is 103 cm³/mol. The van der Waals surface area contributed by atoms with E-state index in [1.54, 1.807) is 6.20 Å². The Balaban J connectivity index is 1.44. The van der Waals surface area contributed by atoms with E-state index in [-0.39, 0.29) is 5.91 Å². The first-order valence-electron chi connectivity index (χ1n) is 8.33. The zero-order valence-corrected chi connectivity index (χ0v) is 15.5. The number of thiazole rings is 1. The first-order valence-corrected chi connectivity index (χ1v) is 9.21. The number of carbonyl (C=O) groups is 1. The molecule has 0 unspecified atom stereocenters. The minimum atomic E-state index is -0.0601. The van der Waals surface area contributed by atoms with Gasteiger partial charge in [0.25, 0.3) is 0 Å². The Morgan fingerprint density at radius 3 is 2.65 bits per heavy atom. The van der Waals surface area contributed by atoms with Gasteiger partial charge in [0.1, 0.15) is 5.69 Å². The van der Waals surface area contributed by atoms with Crippen LogP contribution in [0.1, 0.15) is 24.2 Å². The van der Waals surface area contributed by atoms with Crippen molar-refractivity contribution in [3.8, 4) is 11.4 Å². The molecule has 0 bridgehead atoms. The number of aromatic nitrogens is 4. The molecule has 0 saturated heterocycles. The maximum absolute atomic E-state index is 12.1. The van der Waals surface area contributed by atoms with Crippen LogP contribution in [-0.2, 0) is 4.79 Å². The molecule has 3 heterocycles. The van der Waals surface area contributed by atoms with Crippen LogP contribution in [0.15, 0.2) is 35.8 Å². The fourth-order valence-electron chi connectivity index (χ4n) is 2.40. The first-order chi connectivity index (χ1) is 12.6. The monoisotopic (exact) mass is 368 g/mol. The molecular formula is C18H20N6OS. The Hall–Kier alpha value is -2.87. The quantitative estimate of drug-likeness (QED) is 0.621. The molecule has 134 valence electrons. The molecular weight excluding hydrogens is 348 g/mol. The lowest BCUT2D eigenvalue weighted by atomic mass is 10.3. The Kier molecular flexibility index (Phi) is 5.85. The van der Waals surface area contributed by atoms with E-state index in [0.29, 0.717) is 30.5 Å². The topological polar surface area (TPSA) is 92.7 Å². The summed E-state index contributed by atoms with van der Waals surface area (Å²) in [5.41, 5.74) is 3.40. The highest BCUT2D eigenvalue weighted by molar-refractivity contribution is 7.14. The van der Waals surface area contributed by atoms with Crippen molar-refractivity contribution in [3.05, 3.63) is 47.2 Å². The van der Waals surface area contributed by atoms with Crippen LogP contribution in [0, 0.1) is 13.8 Å². The molecule has 0 aliphatic carbocycles. The molecule has 2 N–H and O–H groups in total. The van der Waals surface area contributed by atoms with Gasteiger partial charge in [-0.2, -0.15) is 0 Å². The molecule has 0 radical (unpaired) electrons. The number of pyridine rings is 1. The van der Waals surface area contributed by atoms with Crippen LogP contribution < -0.4 is 10.6 Å². The minimum Gasteiger partial charge on any atom is -0.354 e. The van der Waals surface area contributed by atoms with Gasteiger partial charge in [0.05, 0.1) is 5.69 Å². The van der Waals surface area contributed by atoms with Gasteiger partial charge >= 0.3 is 0 Å². The molecule has 7 nitrogen and oxygen atoms in total. The zero-order valence-electron chi connectivity index (χ0n) is 14.7. The number of hydrogen-bond acceptors (Lipinski definition) is 7. The number of hydrogen-bond donors (Lipinski definition) is 2. The first kappa shape index (κ1) is 17.9. The summed E-state index contributed by atoms with van der Waals surface area (Å²) in [6.07, 6.45) is 2.80. The van der Waals surface area contributed by atoms with Gasteiger partial charge in [-0.25, -0.2) is 15.0 Å². The minimum absolute atomic E-state index is 0.0601. The smallest absolute Gasteiger partial charge is 0.226 e. The Morgan fingerprint density at radius 1 is 1.12 bits per heavy atom. The maximum atomic E-state index is 12.1. The highest BCUT2D eigenvalue weighted by atomic mass is 32.1. The summed E-state index contributed by atoms with van der Waals surface area (Å²) in [7, 11) is 0. The Bertz CT molecular complexity index is 860. The largest absolute Gasteiger partial charge is 0.354 e. The van der Waals surface area contributed by atoms with Crippen molar-refractivity contribution in [1.82, 2.24) is 19.9 Å². The van der Waals surface area contributed by atoms with Crippen LogP contribution in [0.2, 0.25) is 0 Å². The number of aryl methyl sites for hydroxylation is 2. The molecule has 3 aromatic heterocycles. The summed E-state index contributed by atoms with van der Waals surface area (Å²) >= 11 is 1.39. The third kappa shape index (κ3) is 5.06. The SMILES string of the molecule is Cc1cc(C)nc(NCCCC(=O)Nc2nc(-c3ccccn3)cs2)n1. The van der Waals surface area contributed by atoms with E-state index in [9.17, 15) is 4.79 Å². The van der Waals surface area contributed by atoms with Crippen LogP contribution in [0.5, 0.6) is 0 Å². The van der Waals surface area contributed by atoms with E-state index in [1.165, 1.54) is 11.3 Å². The summed E-state index contributed by atoms with van der Waals surface area (Å²) in [5, 5.41) is 8.45. The Morgan fingerprint density at radius 2 is 1.92 bits per heavy atom. The average Bonchev–Trinajstić information content (AvgIpc) is 3.07. The second-order valence-corrected chi connectivity index (χ2v) is 6.66. The van der Waals surface area contributed by atoms with E-state index in [2.05, 4.69) is 30.6 Å². The van der Waals surface area contributed by atoms with Crippen LogP contribution in [0.25, 0.3) is 11.4 Å². The van der Waals surface area contributed by atoms with E-state index >= 15 is 0 Å². The number of rotatable bonds is 7. The van der Waals surface area contributed by atoms with Gasteiger partial charge in [0.15, 0.2) is 5.13 Å². The van der Waals surface area contributed by atoms with Crippen LogP contribution in [-0.4, -0.2) is 32.4 Å². The van der Waals surface area contributed by atoms with Crippen molar-refractivity contribution in [1.29, 1.82) is 0 Å². The van der Waals surface area contributed by atoms with Gasteiger partial charge < -0.3 is 10.6 Å². The molecule has 8 heteroatoms. The predicted octanol–water partition coefficient (Wildman–Crippen LogP) is 3.44. The van der Waals surface area contributed by atoms with E-state index < -0.39 is 0 Å². The standard InChI is InChI=1S/C18H20N6OS/c1-12-10-13(2)22-17(21-12)20-9-5-7-16(25)24-18-23-15(11-26-18)14-6-3-4-8-19-14/h3-4,6,8,10-11H,5,7,9H2,1-2H3,(H,20,21,22)(H,23,24,25). The molecule has 26 heavy (non-hydrogen) atoms. The summed E-state index contributed by atoms with van der Waals surface area (Å²) < 4.78 is 0. The summed E-state index contributed by atoms with van der Waals surface area (Å²) in [6, 6.07) is 7.58. The van der Waals surface area contributed by atoms with Gasteiger partial charge in [0, 0.05) is 35.9 Å². The van der Waals surface area contributed by atoms with Crippen LogP contribution >= 0.6 is 11.3 Å². The molecule has 0 spiro atoms. The maximum Gasteiger partial charge on any atom is 0.226 e. The molecule has 3 rings (SSSR count). The Labute approximate surface area is 156 Å². The highest BCUT2D eigenvalue weighted by Gasteiger charge is 2.08. The fraction of sp³-hybridized carbons (Fsp3) is 0.278. The van der Waals surface area contributed by atoms with Crippen molar-refractivity contribution in [2.45, 2.75) is 26.7 Å². The van der Waals surface area contributed by atoms with Crippen molar-refractivity contribution >= 4 is 28.3 Å². The van der Waals surface area contributed by atoms with Gasteiger partial charge in [-0.05, 0) is 38.5 Å². The van der Waals surface area contributed by atoms with E-state index in [1.807, 2.05) is 43.5 Å². The zero-order chi connectivity index (χ0) is 18.4. The summed E-state index contributed by atoms with van der Waals surface area (Å²) in [4.78, 5) is 29.3. The van der Waals surface area contributed by atoms with Crippen LogP contribution in [0.3, 0.4) is 0 Å². The summed E-state index contributed by atoms with van der Waals surface area (Å²) in [5.74, 6) is 0.540. The second-order valence-electron chi connectivity index (χ2n) is 5.81. The van der Waals surface area contributed by atoms with Crippen molar-refractivity contribution in [3.63, 3.8) is 0 Å². The van der Waals surface area contributed by atoms with Gasteiger partial charge in [0.2, 0.25) is 11.9 Å². The van der Waals surface area contributed by atoms with Gasteiger partial charge in [-0.1, -0.05) is 6.07 Å². The number of carbonyl (C=O) groups excluding carboxylic acids is 1. The van der Waals surface area contributed by atoms with Crippen molar-refractivity contribution < 1.29 is 4.79 Å². The van der Waals surface area contributed by atoms with E-state index in [4.69, 9.17) is 0 Å². The van der Waals surface area contributed by atoms with Gasteiger partial charge in [-0.15, -0.1) is 11.3 Å². The number of amides is 1. The fourth-order valence-corrected chi connectivity index (χ4v) is 3.12. The number of nitrogens with one attached hydrogen (secondary N) is 2. The molecule has 0 aromatic carbocycles. The molecule has 0 fully saturated rings. The van der Waals surface area contributed by atoms with Crippen molar-refractivity contribution in [2.24, 2.45) is 0 Å². The van der Waals surface area contributed by atoms with Crippen LogP contribution in [0.4, 0.5) is 11.1 Å². The average molecular weight is 368 g/mol. The second kappa shape index (κ2) is 8.48. The van der Waals surface area contributed by atoms with E-state index in [0.717, 1.165) is 22.8 Å². The lowest BCUT2D eigenvalue weighted by Crippen LogP contribution is -2.14. The highest BCUT2D eigenvalue weighted by Crippen LogP contribution is 2.23. The van der Waals surface area contributed by atoms with Crippen molar-refractivity contribution in [2.75, 3.05) is 17.2 Å².